The predicted octanol–water partition coefficient (Wildman–Crippen LogP) is 6.84. The van der Waals surface area contributed by atoms with Gasteiger partial charge in [0.05, 0.1) is 5.69 Å². The molecule has 3 heteroatoms. The quantitative estimate of drug-likeness (QED) is 0.433. The van der Waals surface area contributed by atoms with Crippen LogP contribution in [-0.4, -0.2) is 4.98 Å². The summed E-state index contributed by atoms with van der Waals surface area (Å²) >= 11 is 1.63. The zero-order valence-electron chi connectivity index (χ0n) is 14.9. The first-order chi connectivity index (χ1) is 12.7. The van der Waals surface area contributed by atoms with Gasteiger partial charge < -0.3 is 5.32 Å². The number of nitrogens with zero attached hydrogens (tertiary/aromatic N) is 1. The molecule has 0 bridgehead atoms. The minimum absolute atomic E-state index is 0.917. The lowest BCUT2D eigenvalue weighted by atomic mass is 10.0. The first kappa shape index (κ1) is 16.6. The molecule has 1 heterocycles. The van der Waals surface area contributed by atoms with E-state index in [1.807, 2.05) is 6.07 Å². The van der Waals surface area contributed by atoms with E-state index in [4.69, 9.17) is 4.98 Å². The molecule has 0 unspecified atom stereocenters. The number of thiazole rings is 1. The number of anilines is 2. The summed E-state index contributed by atoms with van der Waals surface area (Å²) in [6.45, 7) is 4.21. The SMILES string of the molecule is Cc1ccc(C)c(Nc2nc(-c3ccc(-c4ccccc4)cc3)cs2)c1. The molecule has 0 spiro atoms. The molecule has 0 aliphatic heterocycles. The number of aromatic nitrogens is 1. The van der Waals surface area contributed by atoms with E-state index in [9.17, 15) is 0 Å². The molecule has 0 aliphatic carbocycles. The Morgan fingerprint density at radius 1 is 0.769 bits per heavy atom. The van der Waals surface area contributed by atoms with E-state index in [1.54, 1.807) is 11.3 Å². The van der Waals surface area contributed by atoms with Crippen molar-refractivity contribution in [3.8, 4) is 22.4 Å². The highest BCUT2D eigenvalue weighted by Crippen LogP contribution is 2.30. The fourth-order valence-electron chi connectivity index (χ4n) is 2.91. The second kappa shape index (κ2) is 7.14. The molecule has 1 N–H and O–H groups in total. The Morgan fingerprint density at radius 2 is 1.46 bits per heavy atom. The molecule has 0 saturated heterocycles. The Balaban J connectivity index is 1.55. The van der Waals surface area contributed by atoms with Gasteiger partial charge >= 0.3 is 0 Å². The third kappa shape index (κ3) is 3.53. The maximum absolute atomic E-state index is 4.76. The van der Waals surface area contributed by atoms with Gasteiger partial charge in [-0.3, -0.25) is 0 Å². The number of aryl methyl sites for hydroxylation is 2. The van der Waals surface area contributed by atoms with Crippen molar-refractivity contribution >= 4 is 22.2 Å². The highest BCUT2D eigenvalue weighted by atomic mass is 32.1. The van der Waals surface area contributed by atoms with Crippen LogP contribution in [0.3, 0.4) is 0 Å². The summed E-state index contributed by atoms with van der Waals surface area (Å²) in [6, 6.07) is 25.4. The molecule has 128 valence electrons. The summed E-state index contributed by atoms with van der Waals surface area (Å²) in [7, 11) is 0. The van der Waals surface area contributed by atoms with E-state index >= 15 is 0 Å². The maximum Gasteiger partial charge on any atom is 0.187 e. The lowest BCUT2D eigenvalue weighted by Crippen LogP contribution is -1.93. The molecule has 4 aromatic rings. The molecule has 0 atom stereocenters. The fourth-order valence-corrected chi connectivity index (χ4v) is 3.65. The van der Waals surface area contributed by atoms with Crippen LogP contribution in [-0.2, 0) is 0 Å². The largest absolute Gasteiger partial charge is 0.331 e. The van der Waals surface area contributed by atoms with E-state index < -0.39 is 0 Å². The van der Waals surface area contributed by atoms with Gasteiger partial charge in [-0.25, -0.2) is 4.98 Å². The summed E-state index contributed by atoms with van der Waals surface area (Å²) in [5.41, 5.74) is 8.17. The minimum atomic E-state index is 0.917. The summed E-state index contributed by atoms with van der Waals surface area (Å²) < 4.78 is 0. The Hall–Kier alpha value is -2.91. The maximum atomic E-state index is 4.76. The van der Waals surface area contributed by atoms with Gasteiger partial charge in [-0.1, -0.05) is 66.7 Å². The Labute approximate surface area is 158 Å². The van der Waals surface area contributed by atoms with Gasteiger partial charge in [-0.15, -0.1) is 11.3 Å². The molecule has 26 heavy (non-hydrogen) atoms. The zero-order valence-corrected chi connectivity index (χ0v) is 15.7. The van der Waals surface area contributed by atoms with Crippen molar-refractivity contribution in [2.75, 3.05) is 5.32 Å². The van der Waals surface area contributed by atoms with Crippen LogP contribution in [0.25, 0.3) is 22.4 Å². The molecule has 0 radical (unpaired) electrons. The van der Waals surface area contributed by atoms with E-state index in [0.717, 1.165) is 22.1 Å². The van der Waals surface area contributed by atoms with Crippen molar-refractivity contribution in [3.63, 3.8) is 0 Å². The van der Waals surface area contributed by atoms with Gasteiger partial charge in [0.25, 0.3) is 0 Å². The highest BCUT2D eigenvalue weighted by molar-refractivity contribution is 7.14. The van der Waals surface area contributed by atoms with Crippen LogP contribution in [0.15, 0.2) is 78.2 Å². The fraction of sp³-hybridized carbons (Fsp3) is 0.0870. The van der Waals surface area contributed by atoms with Crippen molar-refractivity contribution in [2.24, 2.45) is 0 Å². The Morgan fingerprint density at radius 3 is 2.23 bits per heavy atom. The average Bonchev–Trinajstić information content (AvgIpc) is 3.14. The zero-order chi connectivity index (χ0) is 17.9. The van der Waals surface area contributed by atoms with Gasteiger partial charge in [-0.2, -0.15) is 0 Å². The summed E-state index contributed by atoms with van der Waals surface area (Å²) in [4.78, 5) is 4.76. The van der Waals surface area contributed by atoms with Crippen LogP contribution in [0, 0.1) is 13.8 Å². The third-order valence-corrected chi connectivity index (χ3v) is 5.18. The smallest absolute Gasteiger partial charge is 0.187 e. The van der Waals surface area contributed by atoms with Crippen molar-refractivity contribution < 1.29 is 0 Å². The average molecular weight is 356 g/mol. The lowest BCUT2D eigenvalue weighted by Gasteiger charge is -2.07. The van der Waals surface area contributed by atoms with E-state index in [1.165, 1.54) is 22.3 Å². The number of nitrogens with one attached hydrogen (secondary N) is 1. The first-order valence-corrected chi connectivity index (χ1v) is 9.53. The molecular formula is C23H20N2S. The number of hydrogen-bond acceptors (Lipinski definition) is 3. The Bertz CT molecular complexity index is 1020. The van der Waals surface area contributed by atoms with E-state index in [-0.39, 0.29) is 0 Å². The van der Waals surface area contributed by atoms with Gasteiger partial charge in [0.1, 0.15) is 0 Å². The van der Waals surface area contributed by atoms with Crippen LogP contribution in [0.4, 0.5) is 10.8 Å². The van der Waals surface area contributed by atoms with Gasteiger partial charge in [0.2, 0.25) is 0 Å². The molecular weight excluding hydrogens is 336 g/mol. The van der Waals surface area contributed by atoms with E-state index in [2.05, 4.69) is 91.3 Å². The molecule has 4 rings (SSSR count). The van der Waals surface area contributed by atoms with Crippen molar-refractivity contribution in [2.45, 2.75) is 13.8 Å². The summed E-state index contributed by atoms with van der Waals surface area (Å²) in [5.74, 6) is 0. The van der Waals surface area contributed by atoms with Gasteiger partial charge in [0, 0.05) is 16.6 Å². The molecule has 3 aromatic carbocycles. The van der Waals surface area contributed by atoms with Gasteiger partial charge in [-0.05, 0) is 42.2 Å². The van der Waals surface area contributed by atoms with Gasteiger partial charge in [0.15, 0.2) is 5.13 Å². The molecule has 0 aliphatic rings. The minimum Gasteiger partial charge on any atom is -0.331 e. The van der Waals surface area contributed by atoms with Crippen LogP contribution in [0.2, 0.25) is 0 Å². The lowest BCUT2D eigenvalue weighted by molar-refractivity contribution is 1.34. The van der Waals surface area contributed by atoms with Crippen molar-refractivity contribution in [3.05, 3.63) is 89.3 Å². The van der Waals surface area contributed by atoms with Crippen LogP contribution >= 0.6 is 11.3 Å². The molecule has 0 saturated carbocycles. The van der Waals surface area contributed by atoms with Crippen LogP contribution < -0.4 is 5.32 Å². The molecule has 0 amide bonds. The number of hydrogen-bond donors (Lipinski definition) is 1. The van der Waals surface area contributed by atoms with Crippen LogP contribution in [0.1, 0.15) is 11.1 Å². The standard InChI is InChI=1S/C23H20N2S/c1-16-8-9-17(2)21(14-16)24-23-25-22(15-26-23)20-12-10-19(11-13-20)18-6-4-3-5-7-18/h3-15H,1-2H3,(H,24,25). The second-order valence-corrected chi connectivity index (χ2v) is 7.28. The normalized spacial score (nSPS) is 10.7. The number of benzene rings is 3. The van der Waals surface area contributed by atoms with E-state index in [0.29, 0.717) is 0 Å². The van der Waals surface area contributed by atoms with Crippen molar-refractivity contribution in [1.82, 2.24) is 4.98 Å². The highest BCUT2D eigenvalue weighted by Gasteiger charge is 2.07. The summed E-state index contributed by atoms with van der Waals surface area (Å²) in [6.07, 6.45) is 0. The van der Waals surface area contributed by atoms with Crippen molar-refractivity contribution in [1.29, 1.82) is 0 Å². The first-order valence-electron chi connectivity index (χ1n) is 8.65. The molecule has 2 nitrogen and oxygen atoms in total. The molecule has 1 aromatic heterocycles. The predicted molar refractivity (Wildman–Crippen MR) is 112 cm³/mol. The van der Waals surface area contributed by atoms with Crippen LogP contribution in [0.5, 0.6) is 0 Å². The molecule has 0 fully saturated rings. The third-order valence-electron chi connectivity index (χ3n) is 4.43. The Kier molecular flexibility index (Phi) is 4.55. The topological polar surface area (TPSA) is 24.9 Å². The second-order valence-electron chi connectivity index (χ2n) is 6.42. The monoisotopic (exact) mass is 356 g/mol. The summed E-state index contributed by atoms with van der Waals surface area (Å²) in [5, 5.41) is 6.47. The number of rotatable bonds is 4.